The van der Waals surface area contributed by atoms with Gasteiger partial charge in [-0.2, -0.15) is 8.78 Å². The average molecular weight is 462 g/mol. The summed E-state index contributed by atoms with van der Waals surface area (Å²) in [7, 11) is 0. The summed E-state index contributed by atoms with van der Waals surface area (Å²) in [5, 5.41) is 13.7. The molecule has 8 nitrogen and oxygen atoms in total. The Morgan fingerprint density at radius 2 is 1.61 bits per heavy atom. The number of fused-ring (bicyclic) bond motifs is 3. The number of amides is 2. The van der Waals surface area contributed by atoms with Crippen LogP contribution < -0.4 is 10.6 Å². The lowest BCUT2D eigenvalue weighted by atomic mass is 9.98. The number of hydrogen-bond acceptors (Lipinski definition) is 5. The number of carbonyl (C=O) groups is 3. The van der Waals surface area contributed by atoms with Crippen LogP contribution in [0.25, 0.3) is 11.1 Å². The molecule has 3 N–H and O–H groups in total. The van der Waals surface area contributed by atoms with Crippen LogP contribution in [0.3, 0.4) is 0 Å². The van der Waals surface area contributed by atoms with E-state index in [2.05, 4.69) is 15.4 Å². The van der Waals surface area contributed by atoms with Gasteiger partial charge in [0.25, 0.3) is 0 Å². The van der Waals surface area contributed by atoms with Crippen molar-refractivity contribution < 1.29 is 37.7 Å². The van der Waals surface area contributed by atoms with E-state index in [1.165, 1.54) is 0 Å². The molecule has 1 aliphatic carbocycles. The topological polar surface area (TPSA) is 114 Å². The minimum absolute atomic E-state index is 0.00619. The van der Waals surface area contributed by atoms with E-state index < -0.39 is 37.0 Å². The highest BCUT2D eigenvalue weighted by atomic mass is 19.3. The van der Waals surface area contributed by atoms with Crippen molar-refractivity contribution in [3.8, 4) is 11.1 Å². The number of benzene rings is 2. The second-order valence-corrected chi connectivity index (χ2v) is 7.40. The molecule has 2 aromatic carbocycles. The van der Waals surface area contributed by atoms with Crippen LogP contribution in [0.2, 0.25) is 0 Å². The van der Waals surface area contributed by atoms with Crippen molar-refractivity contribution in [2.24, 2.45) is 0 Å². The zero-order valence-corrected chi connectivity index (χ0v) is 17.6. The van der Waals surface area contributed by atoms with Crippen LogP contribution in [-0.2, 0) is 19.1 Å². The monoisotopic (exact) mass is 462 g/mol. The fourth-order valence-electron chi connectivity index (χ4n) is 3.75. The van der Waals surface area contributed by atoms with Gasteiger partial charge < -0.3 is 25.2 Å². The Kier molecular flexibility index (Phi) is 8.31. The first-order valence-corrected chi connectivity index (χ1v) is 10.4. The van der Waals surface area contributed by atoms with Crippen molar-refractivity contribution in [2.75, 3.05) is 19.8 Å². The second-order valence-electron chi connectivity index (χ2n) is 7.40. The second kappa shape index (κ2) is 11.4. The summed E-state index contributed by atoms with van der Waals surface area (Å²) < 4.78 is 33.3. The molecule has 0 saturated carbocycles. The lowest BCUT2D eigenvalue weighted by Gasteiger charge is -2.18. The zero-order chi connectivity index (χ0) is 23.8. The molecule has 0 fully saturated rings. The van der Waals surface area contributed by atoms with E-state index in [0.29, 0.717) is 0 Å². The first kappa shape index (κ1) is 24.1. The van der Waals surface area contributed by atoms with Crippen LogP contribution in [0.4, 0.5) is 13.6 Å². The van der Waals surface area contributed by atoms with Crippen molar-refractivity contribution in [3.05, 3.63) is 59.7 Å². The van der Waals surface area contributed by atoms with E-state index in [0.717, 1.165) is 22.3 Å². The molecule has 0 aromatic heterocycles. The van der Waals surface area contributed by atoms with Gasteiger partial charge in [-0.05, 0) is 28.7 Å². The molecule has 176 valence electrons. The number of ether oxygens (including phenoxy) is 2. The van der Waals surface area contributed by atoms with Crippen LogP contribution in [0.5, 0.6) is 0 Å². The quantitative estimate of drug-likeness (QED) is 0.442. The van der Waals surface area contributed by atoms with Crippen LogP contribution in [0.1, 0.15) is 29.9 Å². The molecule has 10 heteroatoms. The molecule has 0 bridgehead atoms. The number of carbonyl (C=O) groups excluding carboxylic acids is 2. The molecule has 1 atom stereocenters. The summed E-state index contributed by atoms with van der Waals surface area (Å²) in [5.41, 5.74) is 4.14. The van der Waals surface area contributed by atoms with Crippen LogP contribution in [0, 0.1) is 0 Å². The van der Waals surface area contributed by atoms with E-state index in [-0.39, 0.29) is 32.1 Å². The molecule has 0 spiro atoms. The van der Waals surface area contributed by atoms with Crippen molar-refractivity contribution >= 4 is 18.0 Å². The summed E-state index contributed by atoms with van der Waals surface area (Å²) in [6.45, 7) is -3.20. The number of alkyl carbamates (subject to hydrolysis) is 1. The number of carboxylic acids is 1. The molecule has 1 unspecified atom stereocenters. The van der Waals surface area contributed by atoms with Crippen LogP contribution >= 0.6 is 0 Å². The predicted molar refractivity (Wildman–Crippen MR) is 114 cm³/mol. The van der Waals surface area contributed by atoms with Crippen LogP contribution in [0.15, 0.2) is 48.5 Å². The summed E-state index contributed by atoms with van der Waals surface area (Å²) in [5.74, 6) is -2.25. The summed E-state index contributed by atoms with van der Waals surface area (Å²) >= 11 is 0. The summed E-state index contributed by atoms with van der Waals surface area (Å²) in [6, 6.07) is 14.2. The zero-order valence-electron chi connectivity index (χ0n) is 17.6. The molecule has 1 aliphatic rings. The minimum Gasteiger partial charge on any atom is -0.481 e. The smallest absolute Gasteiger partial charge is 0.407 e. The van der Waals surface area contributed by atoms with Gasteiger partial charge in [-0.1, -0.05) is 48.5 Å². The molecule has 0 aliphatic heterocycles. The molecule has 3 rings (SSSR count). The first-order valence-electron chi connectivity index (χ1n) is 10.4. The fraction of sp³-hybridized carbons (Fsp3) is 0.348. The van der Waals surface area contributed by atoms with E-state index in [1.54, 1.807) is 0 Å². The third kappa shape index (κ3) is 6.48. The Labute approximate surface area is 188 Å². The Bertz CT molecular complexity index is 955. The van der Waals surface area contributed by atoms with Gasteiger partial charge in [-0.15, -0.1) is 0 Å². The van der Waals surface area contributed by atoms with Gasteiger partial charge >= 0.3 is 18.7 Å². The molecule has 0 saturated heterocycles. The van der Waals surface area contributed by atoms with Crippen molar-refractivity contribution in [3.63, 3.8) is 0 Å². The predicted octanol–water partition coefficient (Wildman–Crippen LogP) is 3.11. The van der Waals surface area contributed by atoms with Crippen molar-refractivity contribution in [1.82, 2.24) is 10.6 Å². The van der Waals surface area contributed by atoms with Gasteiger partial charge in [-0.3, -0.25) is 9.59 Å². The van der Waals surface area contributed by atoms with E-state index in [1.807, 2.05) is 48.5 Å². The SMILES string of the molecule is O=C(O)CC(NC(=O)OCC1c2ccccc2-c2ccccc21)C(=O)NCCCOC(F)F. The van der Waals surface area contributed by atoms with Gasteiger partial charge in [0.1, 0.15) is 12.6 Å². The summed E-state index contributed by atoms with van der Waals surface area (Å²) in [6.07, 6.45) is -1.50. The molecular formula is C23H24F2N2O6. The molecule has 2 aromatic rings. The molecule has 0 heterocycles. The van der Waals surface area contributed by atoms with E-state index >= 15 is 0 Å². The Morgan fingerprint density at radius 3 is 2.18 bits per heavy atom. The third-order valence-corrected chi connectivity index (χ3v) is 5.20. The number of halogens is 2. The largest absolute Gasteiger partial charge is 0.481 e. The maximum Gasteiger partial charge on any atom is 0.407 e. The van der Waals surface area contributed by atoms with E-state index in [9.17, 15) is 23.2 Å². The van der Waals surface area contributed by atoms with Gasteiger partial charge in [-0.25, -0.2) is 4.79 Å². The maximum absolute atomic E-state index is 12.4. The molecule has 2 amide bonds. The molecule has 33 heavy (non-hydrogen) atoms. The Morgan fingerprint density at radius 1 is 1.00 bits per heavy atom. The highest BCUT2D eigenvalue weighted by Gasteiger charge is 2.30. The van der Waals surface area contributed by atoms with Gasteiger partial charge in [0.2, 0.25) is 5.91 Å². The standard InChI is InChI=1S/C23H24F2N2O6/c24-22(25)32-11-5-10-26-21(30)19(12-20(28)29)27-23(31)33-13-18-16-8-3-1-6-14(16)15-7-2-4-9-17(15)18/h1-4,6-9,18-19,22H,5,10-13H2,(H,26,30)(H,27,31)(H,28,29). The number of nitrogens with one attached hydrogen (secondary N) is 2. The number of carboxylic acid groups (broad SMARTS) is 1. The van der Waals surface area contributed by atoms with Crippen molar-refractivity contribution in [1.29, 1.82) is 0 Å². The Balaban J connectivity index is 1.56. The number of hydrogen-bond donors (Lipinski definition) is 3. The molecule has 0 radical (unpaired) electrons. The van der Waals surface area contributed by atoms with Crippen LogP contribution in [-0.4, -0.2) is 55.5 Å². The highest BCUT2D eigenvalue weighted by molar-refractivity contribution is 5.89. The summed E-state index contributed by atoms with van der Waals surface area (Å²) in [4.78, 5) is 35.7. The van der Waals surface area contributed by atoms with Crippen molar-refractivity contribution in [2.45, 2.75) is 31.4 Å². The maximum atomic E-state index is 12.4. The fourth-order valence-corrected chi connectivity index (χ4v) is 3.75. The van der Waals surface area contributed by atoms with Gasteiger partial charge in [0, 0.05) is 12.5 Å². The lowest BCUT2D eigenvalue weighted by Crippen LogP contribution is -2.48. The number of rotatable bonds is 11. The molecular weight excluding hydrogens is 438 g/mol. The number of aliphatic carboxylic acids is 1. The highest BCUT2D eigenvalue weighted by Crippen LogP contribution is 2.44. The van der Waals surface area contributed by atoms with Gasteiger partial charge in [0.15, 0.2) is 0 Å². The van der Waals surface area contributed by atoms with Gasteiger partial charge in [0.05, 0.1) is 13.0 Å². The average Bonchev–Trinajstić information content (AvgIpc) is 3.10. The minimum atomic E-state index is -2.91. The number of alkyl halides is 2. The normalized spacial score (nSPS) is 13.2. The Hall–Kier alpha value is -3.53. The third-order valence-electron chi connectivity index (χ3n) is 5.20. The first-order chi connectivity index (χ1) is 15.9. The van der Waals surface area contributed by atoms with E-state index in [4.69, 9.17) is 9.84 Å². The lowest BCUT2D eigenvalue weighted by molar-refractivity contribution is -0.140.